The zero-order valence-electron chi connectivity index (χ0n) is 16.7. The van der Waals surface area contributed by atoms with E-state index in [1.165, 1.54) is 0 Å². The first-order chi connectivity index (χ1) is 14.1. The number of hydrogen-bond donors (Lipinski definition) is 2. The van der Waals surface area contributed by atoms with Crippen LogP contribution in [0.5, 0.6) is 5.75 Å². The molecule has 152 valence electrons. The van der Waals surface area contributed by atoms with Crippen molar-refractivity contribution >= 4 is 18.1 Å². The summed E-state index contributed by atoms with van der Waals surface area (Å²) < 4.78 is 7.75. The van der Waals surface area contributed by atoms with E-state index in [1.54, 1.807) is 4.57 Å². The molecule has 0 bridgehead atoms. The van der Waals surface area contributed by atoms with Gasteiger partial charge in [0.25, 0.3) is 0 Å². The molecule has 1 amide bonds. The summed E-state index contributed by atoms with van der Waals surface area (Å²) in [5, 5.41) is 10.2. The molecule has 1 unspecified atom stereocenters. The SMILES string of the molecule is CCCc1n[nH]c(=S)n1CC(=O)NC(c1ccccc1)c1ccc(OCC)cc1. The predicted octanol–water partition coefficient (Wildman–Crippen LogP) is 4.20. The summed E-state index contributed by atoms with van der Waals surface area (Å²) in [5.41, 5.74) is 1.99. The molecule has 6 nitrogen and oxygen atoms in total. The Morgan fingerprint density at radius 3 is 2.48 bits per heavy atom. The Morgan fingerprint density at radius 1 is 1.14 bits per heavy atom. The molecule has 7 heteroatoms. The molecule has 3 rings (SSSR count). The van der Waals surface area contributed by atoms with E-state index in [4.69, 9.17) is 17.0 Å². The minimum absolute atomic E-state index is 0.123. The normalized spacial score (nSPS) is 11.8. The number of nitrogens with one attached hydrogen (secondary N) is 2. The smallest absolute Gasteiger partial charge is 0.240 e. The van der Waals surface area contributed by atoms with E-state index >= 15 is 0 Å². The van der Waals surface area contributed by atoms with Gasteiger partial charge in [-0.05, 0) is 48.8 Å². The maximum atomic E-state index is 12.9. The quantitative estimate of drug-likeness (QED) is 0.519. The maximum Gasteiger partial charge on any atom is 0.240 e. The van der Waals surface area contributed by atoms with Crippen LogP contribution in [0.15, 0.2) is 54.6 Å². The van der Waals surface area contributed by atoms with E-state index in [9.17, 15) is 4.79 Å². The second kappa shape index (κ2) is 10.0. The van der Waals surface area contributed by atoms with Crippen LogP contribution < -0.4 is 10.1 Å². The number of carbonyl (C=O) groups is 1. The van der Waals surface area contributed by atoms with E-state index in [0.717, 1.165) is 35.5 Å². The molecular formula is C22H26N4O2S. The van der Waals surface area contributed by atoms with Crippen molar-refractivity contribution in [1.82, 2.24) is 20.1 Å². The summed E-state index contributed by atoms with van der Waals surface area (Å²) >= 11 is 5.30. The van der Waals surface area contributed by atoms with Crippen molar-refractivity contribution in [3.05, 3.63) is 76.3 Å². The van der Waals surface area contributed by atoms with E-state index in [1.807, 2.05) is 61.5 Å². The third-order valence-electron chi connectivity index (χ3n) is 4.58. The van der Waals surface area contributed by atoms with E-state index in [2.05, 4.69) is 22.4 Å². The highest BCUT2D eigenvalue weighted by atomic mass is 32.1. The summed E-state index contributed by atoms with van der Waals surface area (Å²) in [4.78, 5) is 12.9. The number of hydrogen-bond acceptors (Lipinski definition) is 4. The molecule has 0 aliphatic heterocycles. The Labute approximate surface area is 175 Å². The summed E-state index contributed by atoms with van der Waals surface area (Å²) in [6.07, 6.45) is 1.70. The molecule has 0 fully saturated rings. The van der Waals surface area contributed by atoms with Crippen LogP contribution in [0.2, 0.25) is 0 Å². The standard InChI is InChI=1S/C22H26N4O2S/c1-3-8-19-24-25-22(29)26(19)15-20(27)23-21(16-9-6-5-7-10-16)17-11-13-18(14-12-17)28-4-2/h5-7,9-14,21H,3-4,8,15H2,1-2H3,(H,23,27)(H,25,29). The van der Waals surface area contributed by atoms with Gasteiger partial charge in [-0.1, -0.05) is 49.4 Å². The van der Waals surface area contributed by atoms with Crippen LogP contribution in [-0.2, 0) is 17.8 Å². The summed E-state index contributed by atoms with van der Waals surface area (Å²) in [7, 11) is 0. The van der Waals surface area contributed by atoms with Crippen molar-refractivity contribution in [2.45, 2.75) is 39.3 Å². The van der Waals surface area contributed by atoms with Gasteiger partial charge in [0, 0.05) is 6.42 Å². The van der Waals surface area contributed by atoms with Gasteiger partial charge in [-0.3, -0.25) is 14.5 Å². The molecule has 0 radical (unpaired) electrons. The van der Waals surface area contributed by atoms with Gasteiger partial charge < -0.3 is 10.1 Å². The van der Waals surface area contributed by atoms with E-state index in [0.29, 0.717) is 11.4 Å². The van der Waals surface area contributed by atoms with Crippen LogP contribution >= 0.6 is 12.2 Å². The summed E-state index contributed by atoms with van der Waals surface area (Å²) in [5.74, 6) is 1.48. The Balaban J connectivity index is 1.83. The fraction of sp³-hybridized carbons (Fsp3) is 0.318. The van der Waals surface area contributed by atoms with Crippen molar-refractivity contribution < 1.29 is 9.53 Å². The lowest BCUT2D eigenvalue weighted by molar-refractivity contribution is -0.122. The molecule has 0 aliphatic rings. The number of benzene rings is 2. The van der Waals surface area contributed by atoms with Gasteiger partial charge in [0.15, 0.2) is 4.77 Å². The lowest BCUT2D eigenvalue weighted by Crippen LogP contribution is -2.32. The van der Waals surface area contributed by atoms with Gasteiger partial charge in [-0.25, -0.2) is 0 Å². The Hall–Kier alpha value is -2.93. The minimum Gasteiger partial charge on any atom is -0.494 e. The van der Waals surface area contributed by atoms with Crippen LogP contribution in [0.1, 0.15) is 43.3 Å². The summed E-state index contributed by atoms with van der Waals surface area (Å²) in [6.45, 7) is 4.77. The average Bonchev–Trinajstić information content (AvgIpc) is 3.07. The highest BCUT2D eigenvalue weighted by Gasteiger charge is 2.18. The Bertz CT molecular complexity index is 980. The lowest BCUT2D eigenvalue weighted by atomic mass is 9.98. The Morgan fingerprint density at radius 2 is 1.83 bits per heavy atom. The highest BCUT2D eigenvalue weighted by molar-refractivity contribution is 7.71. The van der Waals surface area contributed by atoms with Crippen molar-refractivity contribution in [1.29, 1.82) is 0 Å². The minimum atomic E-state index is -0.268. The lowest BCUT2D eigenvalue weighted by Gasteiger charge is -2.20. The second-order valence-corrected chi connectivity index (χ2v) is 7.08. The number of amides is 1. The molecule has 1 atom stereocenters. The van der Waals surface area contributed by atoms with Crippen molar-refractivity contribution in [2.24, 2.45) is 0 Å². The highest BCUT2D eigenvalue weighted by Crippen LogP contribution is 2.24. The molecule has 2 N–H and O–H groups in total. The number of aryl methyl sites for hydroxylation is 1. The maximum absolute atomic E-state index is 12.9. The average molecular weight is 411 g/mol. The van der Waals surface area contributed by atoms with Crippen molar-refractivity contribution in [2.75, 3.05) is 6.61 Å². The third kappa shape index (κ3) is 5.32. The predicted molar refractivity (Wildman–Crippen MR) is 115 cm³/mol. The fourth-order valence-corrected chi connectivity index (χ4v) is 3.42. The van der Waals surface area contributed by atoms with Gasteiger partial charge in [0.2, 0.25) is 5.91 Å². The molecule has 1 aromatic heterocycles. The molecule has 0 saturated carbocycles. The number of rotatable bonds is 9. The molecule has 1 heterocycles. The van der Waals surface area contributed by atoms with Crippen LogP contribution in [0.4, 0.5) is 0 Å². The van der Waals surface area contributed by atoms with Crippen LogP contribution in [0, 0.1) is 4.77 Å². The number of aromatic nitrogens is 3. The van der Waals surface area contributed by atoms with Crippen LogP contribution in [0.3, 0.4) is 0 Å². The first-order valence-electron chi connectivity index (χ1n) is 9.83. The van der Waals surface area contributed by atoms with Gasteiger partial charge in [0.05, 0.1) is 12.6 Å². The van der Waals surface area contributed by atoms with Gasteiger partial charge in [-0.15, -0.1) is 0 Å². The van der Waals surface area contributed by atoms with Crippen molar-refractivity contribution in [3.8, 4) is 5.75 Å². The number of nitrogens with zero attached hydrogens (tertiary/aromatic N) is 2. The van der Waals surface area contributed by atoms with Crippen molar-refractivity contribution in [3.63, 3.8) is 0 Å². The first-order valence-corrected chi connectivity index (χ1v) is 10.2. The van der Waals surface area contributed by atoms with Gasteiger partial charge in [0.1, 0.15) is 18.1 Å². The number of carbonyl (C=O) groups excluding carboxylic acids is 1. The zero-order chi connectivity index (χ0) is 20.6. The molecule has 0 spiro atoms. The zero-order valence-corrected chi connectivity index (χ0v) is 17.5. The van der Waals surface area contributed by atoms with E-state index < -0.39 is 0 Å². The molecule has 3 aromatic rings. The number of aromatic amines is 1. The number of H-pyrrole nitrogens is 1. The molecular weight excluding hydrogens is 384 g/mol. The second-order valence-electron chi connectivity index (χ2n) is 6.69. The summed E-state index contributed by atoms with van der Waals surface area (Å²) in [6, 6.07) is 17.4. The third-order valence-corrected chi connectivity index (χ3v) is 4.89. The molecule has 29 heavy (non-hydrogen) atoms. The first kappa shape index (κ1) is 20.8. The Kier molecular flexibility index (Phi) is 7.19. The fourth-order valence-electron chi connectivity index (χ4n) is 3.21. The van der Waals surface area contributed by atoms with Gasteiger partial charge >= 0.3 is 0 Å². The van der Waals surface area contributed by atoms with Crippen LogP contribution in [0.25, 0.3) is 0 Å². The van der Waals surface area contributed by atoms with Crippen LogP contribution in [-0.4, -0.2) is 27.3 Å². The topological polar surface area (TPSA) is 71.9 Å². The number of ether oxygens (including phenoxy) is 1. The van der Waals surface area contributed by atoms with E-state index in [-0.39, 0.29) is 18.5 Å². The molecule has 0 saturated heterocycles. The van der Waals surface area contributed by atoms with Gasteiger partial charge in [-0.2, -0.15) is 5.10 Å². The largest absolute Gasteiger partial charge is 0.494 e. The molecule has 0 aliphatic carbocycles. The monoisotopic (exact) mass is 410 g/mol. The molecule has 2 aromatic carbocycles.